The van der Waals surface area contributed by atoms with Gasteiger partial charge in [0, 0.05) is 37.1 Å². The summed E-state index contributed by atoms with van der Waals surface area (Å²) in [5.41, 5.74) is 3.29. The monoisotopic (exact) mass is 350 g/mol. The predicted octanol–water partition coefficient (Wildman–Crippen LogP) is 0.947. The molecule has 1 aliphatic heterocycles. The van der Waals surface area contributed by atoms with Crippen LogP contribution in [-0.4, -0.2) is 46.9 Å². The Morgan fingerprint density at radius 1 is 1.44 bits per heavy atom. The van der Waals surface area contributed by atoms with Crippen molar-refractivity contribution in [2.75, 3.05) is 13.2 Å². The molecule has 1 atom stereocenters. The number of hydrazone groups is 1. The lowest BCUT2D eigenvalue weighted by Crippen LogP contribution is -2.35. The zero-order valence-corrected chi connectivity index (χ0v) is 14.2. The number of nitro benzene ring substituents is 1. The molecule has 0 aliphatic carbocycles. The maximum absolute atomic E-state index is 11.3. The molecule has 9 nitrogen and oxygen atoms in total. The largest absolute Gasteiger partial charge is 0.484 e. The number of hydrogen-bond acceptors (Lipinski definition) is 7. The Morgan fingerprint density at radius 3 is 2.80 bits per heavy atom. The fourth-order valence-corrected chi connectivity index (χ4v) is 2.26. The van der Waals surface area contributed by atoms with E-state index in [4.69, 9.17) is 4.74 Å². The van der Waals surface area contributed by atoms with E-state index in [2.05, 4.69) is 15.8 Å². The van der Waals surface area contributed by atoms with Crippen LogP contribution in [0.25, 0.3) is 0 Å². The summed E-state index contributed by atoms with van der Waals surface area (Å²) in [5, 5.41) is 28.2. The molecule has 136 valence electrons. The minimum Gasteiger partial charge on any atom is -0.484 e. The lowest BCUT2D eigenvalue weighted by molar-refractivity contribution is -0.385. The second-order valence-corrected chi connectivity index (χ2v) is 6.06. The summed E-state index contributed by atoms with van der Waals surface area (Å²) in [4.78, 5) is 21.9. The summed E-state index contributed by atoms with van der Waals surface area (Å²) in [6.45, 7) is 4.18. The van der Waals surface area contributed by atoms with Crippen LogP contribution in [0.3, 0.4) is 0 Å². The van der Waals surface area contributed by atoms with Gasteiger partial charge in [0.1, 0.15) is 12.7 Å². The van der Waals surface area contributed by atoms with Crippen molar-refractivity contribution in [1.29, 1.82) is 0 Å². The number of hydrogen-bond donors (Lipinski definition) is 3. The van der Waals surface area contributed by atoms with E-state index in [1.54, 1.807) is 6.07 Å². The minimum absolute atomic E-state index is 0.0586. The first kappa shape index (κ1) is 18.8. The lowest BCUT2D eigenvalue weighted by atomic mass is 10.0. The molecular formula is C16H22N4O5. The van der Waals surface area contributed by atoms with Crippen LogP contribution in [0.5, 0.6) is 5.75 Å². The summed E-state index contributed by atoms with van der Waals surface area (Å²) >= 11 is 0. The number of benzene rings is 1. The highest BCUT2D eigenvalue weighted by Crippen LogP contribution is 2.29. The van der Waals surface area contributed by atoms with Crippen molar-refractivity contribution in [3.63, 3.8) is 0 Å². The maximum atomic E-state index is 11.3. The van der Waals surface area contributed by atoms with Crippen molar-refractivity contribution in [3.8, 4) is 5.75 Å². The second kappa shape index (κ2) is 8.54. The molecule has 1 aromatic carbocycles. The number of ether oxygens (including phenoxy) is 1. The number of amides is 1. The molecule has 2 rings (SSSR count). The Balaban J connectivity index is 2.08. The van der Waals surface area contributed by atoms with Crippen molar-refractivity contribution in [3.05, 3.63) is 33.9 Å². The van der Waals surface area contributed by atoms with Gasteiger partial charge in [0.25, 0.3) is 0 Å². The summed E-state index contributed by atoms with van der Waals surface area (Å²) in [7, 11) is 0. The molecule has 1 aliphatic rings. The molecule has 9 heteroatoms. The first-order chi connectivity index (χ1) is 11.9. The molecule has 1 aromatic rings. The Bertz CT molecular complexity index is 674. The van der Waals surface area contributed by atoms with Gasteiger partial charge in [0.15, 0.2) is 5.75 Å². The molecular weight excluding hydrogens is 328 g/mol. The first-order valence-electron chi connectivity index (χ1n) is 8.05. The molecule has 0 aromatic heterocycles. The van der Waals surface area contributed by atoms with Gasteiger partial charge in [-0.1, -0.05) is 13.8 Å². The molecule has 3 N–H and O–H groups in total. The molecule has 0 spiro atoms. The SMILES string of the molecule is CC(C)NCC(O)COc1ccc(C2=NNC(=O)CC2)cc1[N+](=O)[O-]. The molecule has 0 fully saturated rings. The Labute approximate surface area is 145 Å². The van der Waals surface area contributed by atoms with E-state index in [-0.39, 0.29) is 30.0 Å². The quantitative estimate of drug-likeness (QED) is 0.473. The smallest absolute Gasteiger partial charge is 0.311 e. The number of aliphatic hydroxyl groups excluding tert-OH is 1. The zero-order chi connectivity index (χ0) is 18.4. The van der Waals surface area contributed by atoms with E-state index in [9.17, 15) is 20.0 Å². The Morgan fingerprint density at radius 2 is 2.20 bits per heavy atom. The van der Waals surface area contributed by atoms with Crippen LogP contribution in [0.4, 0.5) is 5.69 Å². The van der Waals surface area contributed by atoms with Crippen LogP contribution in [0.2, 0.25) is 0 Å². The van der Waals surface area contributed by atoms with Crippen LogP contribution >= 0.6 is 0 Å². The van der Waals surface area contributed by atoms with Crippen LogP contribution < -0.4 is 15.5 Å². The highest BCUT2D eigenvalue weighted by atomic mass is 16.6. The van der Waals surface area contributed by atoms with E-state index in [0.29, 0.717) is 30.7 Å². The summed E-state index contributed by atoms with van der Waals surface area (Å²) in [6.07, 6.45) is -0.0671. The van der Waals surface area contributed by atoms with Gasteiger partial charge in [-0.2, -0.15) is 5.10 Å². The van der Waals surface area contributed by atoms with E-state index < -0.39 is 11.0 Å². The van der Waals surface area contributed by atoms with Crippen molar-refractivity contribution >= 4 is 17.3 Å². The van der Waals surface area contributed by atoms with E-state index in [0.717, 1.165) is 0 Å². The fourth-order valence-electron chi connectivity index (χ4n) is 2.26. The van der Waals surface area contributed by atoms with Crippen LogP contribution in [-0.2, 0) is 4.79 Å². The number of nitrogens with zero attached hydrogens (tertiary/aromatic N) is 2. The van der Waals surface area contributed by atoms with Gasteiger partial charge in [-0.15, -0.1) is 0 Å². The van der Waals surface area contributed by atoms with Crippen molar-refractivity contribution < 1.29 is 19.6 Å². The third-order valence-electron chi connectivity index (χ3n) is 3.59. The number of rotatable bonds is 8. The van der Waals surface area contributed by atoms with Gasteiger partial charge in [-0.05, 0) is 12.1 Å². The molecule has 0 bridgehead atoms. The number of carbonyl (C=O) groups is 1. The number of nitro groups is 1. The zero-order valence-electron chi connectivity index (χ0n) is 14.2. The van der Waals surface area contributed by atoms with Gasteiger partial charge >= 0.3 is 5.69 Å². The van der Waals surface area contributed by atoms with Crippen LogP contribution in [0.15, 0.2) is 23.3 Å². The maximum Gasteiger partial charge on any atom is 0.311 e. The molecule has 0 saturated heterocycles. The highest BCUT2D eigenvalue weighted by molar-refractivity contribution is 6.04. The van der Waals surface area contributed by atoms with Crippen molar-refractivity contribution in [2.45, 2.75) is 38.8 Å². The molecule has 1 amide bonds. The normalized spacial score (nSPS) is 15.5. The van der Waals surface area contributed by atoms with Crippen LogP contribution in [0.1, 0.15) is 32.3 Å². The molecule has 0 saturated carbocycles. The van der Waals surface area contributed by atoms with E-state index in [1.807, 2.05) is 13.8 Å². The third-order valence-corrected chi connectivity index (χ3v) is 3.59. The predicted molar refractivity (Wildman–Crippen MR) is 91.7 cm³/mol. The standard InChI is InChI=1S/C16H22N4O5/c1-10(2)17-8-12(21)9-25-15-5-3-11(7-14(15)20(23)24)13-4-6-16(22)19-18-13/h3,5,7,10,12,17,21H,4,6,8-9H2,1-2H3,(H,19,22). The average Bonchev–Trinajstić information content (AvgIpc) is 2.58. The van der Waals surface area contributed by atoms with Crippen molar-refractivity contribution in [2.24, 2.45) is 5.10 Å². The Hall–Kier alpha value is -2.52. The summed E-state index contributed by atoms with van der Waals surface area (Å²) < 4.78 is 5.41. The first-order valence-corrected chi connectivity index (χ1v) is 8.05. The average molecular weight is 350 g/mol. The van der Waals surface area contributed by atoms with Crippen LogP contribution in [0, 0.1) is 10.1 Å². The topological polar surface area (TPSA) is 126 Å². The van der Waals surface area contributed by atoms with E-state index >= 15 is 0 Å². The van der Waals surface area contributed by atoms with Gasteiger partial charge in [-0.3, -0.25) is 14.9 Å². The number of aliphatic hydroxyl groups is 1. The van der Waals surface area contributed by atoms with Gasteiger partial charge < -0.3 is 15.2 Å². The highest BCUT2D eigenvalue weighted by Gasteiger charge is 2.21. The lowest BCUT2D eigenvalue weighted by Gasteiger charge is -2.16. The summed E-state index contributed by atoms with van der Waals surface area (Å²) in [5.74, 6) is -0.0972. The molecule has 0 radical (unpaired) electrons. The van der Waals surface area contributed by atoms with E-state index in [1.165, 1.54) is 12.1 Å². The second-order valence-electron chi connectivity index (χ2n) is 6.06. The minimum atomic E-state index is -0.778. The van der Waals surface area contributed by atoms with Gasteiger partial charge in [0.05, 0.1) is 10.6 Å². The van der Waals surface area contributed by atoms with Crippen molar-refractivity contribution in [1.82, 2.24) is 10.7 Å². The third kappa shape index (κ3) is 5.50. The molecule has 1 heterocycles. The number of carbonyl (C=O) groups excluding carboxylic acids is 1. The van der Waals surface area contributed by atoms with Gasteiger partial charge in [0.2, 0.25) is 5.91 Å². The summed E-state index contributed by atoms with van der Waals surface area (Å²) in [6, 6.07) is 4.72. The molecule has 1 unspecified atom stereocenters. The number of nitrogens with one attached hydrogen (secondary N) is 2. The molecule has 25 heavy (non-hydrogen) atoms. The Kier molecular flexibility index (Phi) is 6.43. The van der Waals surface area contributed by atoms with Gasteiger partial charge in [-0.25, -0.2) is 5.43 Å². The fraction of sp³-hybridized carbons (Fsp3) is 0.500.